The van der Waals surface area contributed by atoms with Gasteiger partial charge in [0.2, 0.25) is 0 Å². The van der Waals surface area contributed by atoms with Gasteiger partial charge in [0.25, 0.3) is 0 Å². The summed E-state index contributed by atoms with van der Waals surface area (Å²) in [6.07, 6.45) is -5.21. The molecule has 0 saturated heterocycles. The Morgan fingerprint density at radius 3 is 2.46 bits per heavy atom. The number of aliphatic hydroxyl groups excluding tert-OH is 2. The van der Waals surface area contributed by atoms with Gasteiger partial charge in [-0.25, -0.2) is 0 Å². The van der Waals surface area contributed by atoms with Gasteiger partial charge in [-0.1, -0.05) is 0 Å². The van der Waals surface area contributed by atoms with Gasteiger partial charge < -0.3 is 14.9 Å². The lowest BCUT2D eigenvalue weighted by Gasteiger charge is -2.08. The van der Waals surface area contributed by atoms with Crippen molar-refractivity contribution in [2.75, 3.05) is 24.9 Å². The molecular weight excluding hydrogens is 209 g/mol. The number of aliphatic hydroxyl groups is 2. The zero-order chi connectivity index (χ0) is 10.3. The molecule has 0 aromatic heterocycles. The Labute approximate surface area is 77.9 Å². The van der Waals surface area contributed by atoms with E-state index in [2.05, 4.69) is 4.74 Å². The summed E-state index contributed by atoms with van der Waals surface area (Å²) < 4.78 is 38.7. The van der Waals surface area contributed by atoms with E-state index in [1.807, 2.05) is 0 Å². The molecule has 1 unspecified atom stereocenters. The van der Waals surface area contributed by atoms with Crippen molar-refractivity contribution < 1.29 is 28.1 Å². The van der Waals surface area contributed by atoms with E-state index in [0.29, 0.717) is 0 Å². The van der Waals surface area contributed by atoms with Crippen molar-refractivity contribution in [3.63, 3.8) is 0 Å². The van der Waals surface area contributed by atoms with Crippen LogP contribution in [0.25, 0.3) is 0 Å². The third-order valence-electron chi connectivity index (χ3n) is 0.953. The van der Waals surface area contributed by atoms with Crippen LogP contribution < -0.4 is 0 Å². The lowest BCUT2D eigenvalue weighted by molar-refractivity contribution is -0.168. The van der Waals surface area contributed by atoms with Crippen LogP contribution in [0.2, 0.25) is 0 Å². The molecule has 80 valence electrons. The second-order valence-corrected chi connectivity index (χ2v) is 3.27. The quantitative estimate of drug-likeness (QED) is 0.508. The summed E-state index contributed by atoms with van der Waals surface area (Å²) in [4.78, 5) is 0. The Hall–Kier alpha value is 0.0200. The molecule has 0 heterocycles. The molecule has 0 aliphatic heterocycles. The van der Waals surface area contributed by atoms with Gasteiger partial charge in [0, 0.05) is 5.75 Å². The molecule has 0 spiro atoms. The standard InChI is InChI=1S/C6H11F3O3S/c7-6(8,9)3-12-4-13-2-5(11)1-10/h5,10-11H,1-4H2. The molecule has 0 rings (SSSR count). The maximum atomic E-state index is 11.5. The van der Waals surface area contributed by atoms with E-state index in [0.717, 1.165) is 11.8 Å². The van der Waals surface area contributed by atoms with Crippen LogP contribution in [0.4, 0.5) is 13.2 Å². The number of rotatable bonds is 6. The highest BCUT2D eigenvalue weighted by Crippen LogP contribution is 2.15. The van der Waals surface area contributed by atoms with E-state index in [9.17, 15) is 13.2 Å². The molecule has 0 radical (unpaired) electrons. The molecule has 0 amide bonds. The topological polar surface area (TPSA) is 49.7 Å². The van der Waals surface area contributed by atoms with Gasteiger partial charge in [0.15, 0.2) is 0 Å². The average Bonchev–Trinajstić information content (AvgIpc) is 2.01. The number of halogens is 3. The molecule has 7 heteroatoms. The number of hydrogen-bond donors (Lipinski definition) is 2. The fourth-order valence-corrected chi connectivity index (χ4v) is 1.13. The predicted octanol–water partition coefficient (Wildman–Crippen LogP) is 0.609. The second kappa shape index (κ2) is 6.47. The number of thioether (sulfide) groups is 1. The fraction of sp³-hybridized carbons (Fsp3) is 1.00. The zero-order valence-corrected chi connectivity index (χ0v) is 7.57. The Kier molecular flexibility index (Phi) is 6.48. The van der Waals surface area contributed by atoms with Crippen molar-refractivity contribution in [2.45, 2.75) is 12.3 Å². The molecule has 0 aromatic rings. The van der Waals surface area contributed by atoms with Crippen molar-refractivity contribution in [3.8, 4) is 0 Å². The van der Waals surface area contributed by atoms with Crippen molar-refractivity contribution >= 4 is 11.8 Å². The minimum atomic E-state index is -4.31. The molecular formula is C6H11F3O3S. The van der Waals surface area contributed by atoms with E-state index in [1.54, 1.807) is 0 Å². The highest BCUT2D eigenvalue weighted by atomic mass is 32.2. The SMILES string of the molecule is OCC(O)CSCOCC(F)(F)F. The molecule has 2 N–H and O–H groups in total. The monoisotopic (exact) mass is 220 g/mol. The molecule has 3 nitrogen and oxygen atoms in total. The first-order valence-corrected chi connectivity index (χ1v) is 4.62. The van der Waals surface area contributed by atoms with Crippen LogP contribution in [0.5, 0.6) is 0 Å². The largest absolute Gasteiger partial charge is 0.411 e. The van der Waals surface area contributed by atoms with Crippen LogP contribution in [0.15, 0.2) is 0 Å². The van der Waals surface area contributed by atoms with Crippen LogP contribution in [-0.2, 0) is 4.74 Å². The van der Waals surface area contributed by atoms with Crippen molar-refractivity contribution in [1.29, 1.82) is 0 Å². The Balaban J connectivity index is 3.18. The molecule has 0 aliphatic carbocycles. The second-order valence-electron chi connectivity index (χ2n) is 2.29. The summed E-state index contributed by atoms with van der Waals surface area (Å²) in [6, 6.07) is 0. The van der Waals surface area contributed by atoms with Crippen LogP contribution in [0.1, 0.15) is 0 Å². The highest BCUT2D eigenvalue weighted by molar-refractivity contribution is 7.99. The third kappa shape index (κ3) is 9.94. The minimum Gasteiger partial charge on any atom is -0.394 e. The van der Waals surface area contributed by atoms with Gasteiger partial charge in [-0.05, 0) is 0 Å². The highest BCUT2D eigenvalue weighted by Gasteiger charge is 2.27. The van der Waals surface area contributed by atoms with Gasteiger partial charge in [0.05, 0.1) is 18.6 Å². The molecule has 0 bridgehead atoms. The van der Waals surface area contributed by atoms with Gasteiger partial charge in [-0.15, -0.1) is 11.8 Å². The number of ether oxygens (including phenoxy) is 1. The van der Waals surface area contributed by atoms with Crippen LogP contribution in [-0.4, -0.2) is 47.4 Å². The maximum Gasteiger partial charge on any atom is 0.411 e. The van der Waals surface area contributed by atoms with Gasteiger partial charge >= 0.3 is 6.18 Å². The van der Waals surface area contributed by atoms with Gasteiger partial charge in [-0.2, -0.15) is 13.2 Å². The lowest BCUT2D eigenvalue weighted by Crippen LogP contribution is -2.18. The summed E-state index contributed by atoms with van der Waals surface area (Å²) >= 11 is 0.994. The summed E-state index contributed by atoms with van der Waals surface area (Å²) in [5.41, 5.74) is 0. The average molecular weight is 220 g/mol. The molecule has 0 aliphatic rings. The molecule has 0 fully saturated rings. The van der Waals surface area contributed by atoms with E-state index < -0.39 is 25.5 Å². The Bertz CT molecular complexity index is 131. The third-order valence-corrected chi connectivity index (χ3v) is 1.91. The van der Waals surface area contributed by atoms with E-state index >= 15 is 0 Å². The Morgan fingerprint density at radius 2 is 2.00 bits per heavy atom. The summed E-state index contributed by atoms with van der Waals surface area (Å²) in [7, 11) is 0. The van der Waals surface area contributed by atoms with Crippen LogP contribution >= 0.6 is 11.8 Å². The molecule has 1 atom stereocenters. The van der Waals surface area contributed by atoms with E-state index in [1.165, 1.54) is 0 Å². The number of alkyl halides is 3. The Morgan fingerprint density at radius 1 is 1.38 bits per heavy atom. The molecule has 13 heavy (non-hydrogen) atoms. The summed E-state index contributed by atoms with van der Waals surface area (Å²) in [5.74, 6) is 0.0188. The summed E-state index contributed by atoms with van der Waals surface area (Å²) in [5, 5.41) is 17.1. The first kappa shape index (κ1) is 13.0. The van der Waals surface area contributed by atoms with Crippen molar-refractivity contribution in [2.24, 2.45) is 0 Å². The zero-order valence-electron chi connectivity index (χ0n) is 6.75. The van der Waals surface area contributed by atoms with Gasteiger partial charge in [0.1, 0.15) is 6.61 Å². The van der Waals surface area contributed by atoms with E-state index in [4.69, 9.17) is 10.2 Å². The number of hydrogen-bond acceptors (Lipinski definition) is 4. The van der Waals surface area contributed by atoms with Crippen molar-refractivity contribution in [1.82, 2.24) is 0 Å². The lowest BCUT2D eigenvalue weighted by atomic mass is 10.4. The van der Waals surface area contributed by atoms with E-state index in [-0.39, 0.29) is 11.7 Å². The van der Waals surface area contributed by atoms with Crippen LogP contribution in [0, 0.1) is 0 Å². The first-order chi connectivity index (χ1) is 5.95. The minimum absolute atomic E-state index is 0.142. The first-order valence-electron chi connectivity index (χ1n) is 3.47. The molecule has 0 saturated carbocycles. The van der Waals surface area contributed by atoms with Crippen LogP contribution in [0.3, 0.4) is 0 Å². The smallest absolute Gasteiger partial charge is 0.394 e. The molecule has 0 aromatic carbocycles. The fourth-order valence-electron chi connectivity index (χ4n) is 0.453. The van der Waals surface area contributed by atoms with Crippen molar-refractivity contribution in [3.05, 3.63) is 0 Å². The maximum absolute atomic E-state index is 11.5. The predicted molar refractivity (Wildman–Crippen MR) is 42.4 cm³/mol. The van der Waals surface area contributed by atoms with Gasteiger partial charge in [-0.3, -0.25) is 0 Å². The normalized spacial score (nSPS) is 14.5. The summed E-state index contributed by atoms with van der Waals surface area (Å²) in [6.45, 7) is -1.68.